The molecule has 0 atom stereocenters. The van der Waals surface area contributed by atoms with Crippen LogP contribution in [0.1, 0.15) is 5.56 Å². The molecule has 0 saturated carbocycles. The van der Waals surface area contributed by atoms with Gasteiger partial charge in [-0.1, -0.05) is 60.0 Å². The van der Waals surface area contributed by atoms with E-state index in [0.717, 1.165) is 61.3 Å². The third kappa shape index (κ3) is 8.04. The van der Waals surface area contributed by atoms with Gasteiger partial charge in [-0.15, -0.1) is 95.6 Å². The smallest absolute Gasteiger partial charge is 0.500 e. The molecule has 0 N–H and O–H groups in total. The first kappa shape index (κ1) is 31.2. The van der Waals surface area contributed by atoms with Gasteiger partial charge < -0.3 is 19.4 Å². The molecule has 0 fully saturated rings. The standard InChI is InChI=1S/C18H12NO.2C11H8N.Ir/c1-12-6-8-16(19-11-12)13-7-9-18-15(10-13)14-4-2-3-5-17(14)20-18;2*1-2-6-10(7-3-1)11-8-4-5-9-12-11;/h2-6,8-11H,1H3;2*1-6,8-9H;/q3*-1;+3. The van der Waals surface area contributed by atoms with Crippen molar-refractivity contribution in [3.05, 3.63) is 176 Å². The van der Waals surface area contributed by atoms with E-state index in [1.165, 1.54) is 0 Å². The molecule has 0 spiro atoms. The average Bonchev–Trinajstić information content (AvgIpc) is 3.49. The van der Waals surface area contributed by atoms with E-state index in [1.54, 1.807) is 12.4 Å². The van der Waals surface area contributed by atoms with Crippen molar-refractivity contribution in [2.75, 3.05) is 0 Å². The molecular formula is C40H28IrN3O. The zero-order chi connectivity index (χ0) is 30.0. The molecule has 8 aromatic rings. The monoisotopic (exact) mass is 759 g/mol. The minimum atomic E-state index is 0. The van der Waals surface area contributed by atoms with Gasteiger partial charge in [0.2, 0.25) is 0 Å². The Bertz CT molecular complexity index is 1900. The predicted molar refractivity (Wildman–Crippen MR) is 178 cm³/mol. The van der Waals surface area contributed by atoms with Crippen molar-refractivity contribution >= 4 is 21.9 Å². The molecule has 0 aliphatic heterocycles. The zero-order valence-electron chi connectivity index (χ0n) is 24.5. The van der Waals surface area contributed by atoms with Gasteiger partial charge in [-0.3, -0.25) is 0 Å². The molecule has 0 radical (unpaired) electrons. The van der Waals surface area contributed by atoms with E-state index in [4.69, 9.17) is 4.42 Å². The quantitative estimate of drug-likeness (QED) is 0.169. The van der Waals surface area contributed by atoms with E-state index in [0.29, 0.717) is 0 Å². The third-order valence-corrected chi connectivity index (χ3v) is 6.80. The Labute approximate surface area is 276 Å². The second-order valence-electron chi connectivity index (χ2n) is 9.93. The van der Waals surface area contributed by atoms with Crippen LogP contribution in [0.4, 0.5) is 0 Å². The molecular weight excluding hydrogens is 731 g/mol. The Morgan fingerprint density at radius 1 is 0.511 bits per heavy atom. The molecule has 218 valence electrons. The number of aromatic nitrogens is 3. The Morgan fingerprint density at radius 2 is 1.11 bits per heavy atom. The average molecular weight is 759 g/mol. The number of furan rings is 1. The Balaban J connectivity index is 0.000000139. The molecule has 0 unspecified atom stereocenters. The zero-order valence-corrected chi connectivity index (χ0v) is 26.9. The molecule has 0 saturated heterocycles. The van der Waals surface area contributed by atoms with Crippen LogP contribution in [-0.4, -0.2) is 15.0 Å². The third-order valence-electron chi connectivity index (χ3n) is 6.80. The van der Waals surface area contributed by atoms with E-state index in [9.17, 15) is 0 Å². The normalized spacial score (nSPS) is 10.2. The van der Waals surface area contributed by atoms with Crippen molar-refractivity contribution < 1.29 is 24.5 Å². The van der Waals surface area contributed by atoms with Crippen LogP contribution in [0.3, 0.4) is 0 Å². The molecule has 4 aromatic heterocycles. The van der Waals surface area contributed by atoms with Crippen molar-refractivity contribution in [3.63, 3.8) is 0 Å². The summed E-state index contributed by atoms with van der Waals surface area (Å²) in [6.07, 6.45) is 5.45. The van der Waals surface area contributed by atoms with Crippen LogP contribution in [0, 0.1) is 25.1 Å². The first-order valence-electron chi connectivity index (χ1n) is 14.3. The van der Waals surface area contributed by atoms with E-state index in [1.807, 2.05) is 128 Å². The Kier molecular flexibility index (Phi) is 10.7. The van der Waals surface area contributed by atoms with Gasteiger partial charge in [-0.2, -0.15) is 0 Å². The largest absolute Gasteiger partial charge is 3.00 e. The van der Waals surface area contributed by atoms with Crippen molar-refractivity contribution in [1.29, 1.82) is 0 Å². The molecule has 5 heteroatoms. The number of fused-ring (bicyclic) bond motifs is 3. The summed E-state index contributed by atoms with van der Waals surface area (Å²) in [5.41, 5.74) is 8.87. The van der Waals surface area contributed by atoms with Crippen molar-refractivity contribution in [2.45, 2.75) is 6.92 Å². The van der Waals surface area contributed by atoms with Crippen molar-refractivity contribution in [3.8, 4) is 33.8 Å². The van der Waals surface area contributed by atoms with Crippen molar-refractivity contribution in [1.82, 2.24) is 15.0 Å². The minimum absolute atomic E-state index is 0. The number of hydrogen-bond donors (Lipinski definition) is 0. The summed E-state index contributed by atoms with van der Waals surface area (Å²) in [4.78, 5) is 12.9. The molecule has 45 heavy (non-hydrogen) atoms. The second-order valence-corrected chi connectivity index (χ2v) is 9.93. The summed E-state index contributed by atoms with van der Waals surface area (Å²) in [7, 11) is 0. The minimum Gasteiger partial charge on any atom is -0.500 e. The summed E-state index contributed by atoms with van der Waals surface area (Å²) in [5, 5.41) is 2.24. The summed E-state index contributed by atoms with van der Waals surface area (Å²) < 4.78 is 5.81. The Hall–Kier alpha value is -5.22. The molecule has 0 aliphatic rings. The van der Waals surface area contributed by atoms with Crippen molar-refractivity contribution in [2.24, 2.45) is 0 Å². The maximum Gasteiger partial charge on any atom is 3.00 e. The summed E-state index contributed by atoms with van der Waals surface area (Å²) >= 11 is 0. The maximum absolute atomic E-state index is 5.81. The second kappa shape index (κ2) is 15.5. The Morgan fingerprint density at radius 3 is 1.67 bits per heavy atom. The number of rotatable bonds is 3. The van der Waals surface area contributed by atoms with E-state index >= 15 is 0 Å². The summed E-state index contributed by atoms with van der Waals surface area (Å²) in [5.74, 6) is 0. The molecule has 4 nitrogen and oxygen atoms in total. The van der Waals surface area contributed by atoms with Crippen LogP contribution in [0.15, 0.2) is 156 Å². The number of benzene rings is 4. The number of aryl methyl sites for hydroxylation is 1. The molecule has 4 aromatic carbocycles. The van der Waals surface area contributed by atoms with Crippen LogP contribution in [-0.2, 0) is 20.1 Å². The van der Waals surface area contributed by atoms with Gasteiger partial charge in [-0.05, 0) is 47.8 Å². The van der Waals surface area contributed by atoms with Crippen LogP contribution in [0.5, 0.6) is 0 Å². The van der Waals surface area contributed by atoms with Gasteiger partial charge in [-0.25, -0.2) is 0 Å². The van der Waals surface area contributed by atoms with Crippen LogP contribution >= 0.6 is 0 Å². The fourth-order valence-electron chi connectivity index (χ4n) is 4.59. The van der Waals surface area contributed by atoms with Crippen LogP contribution in [0.2, 0.25) is 0 Å². The van der Waals surface area contributed by atoms with E-state index in [2.05, 4.69) is 51.4 Å². The SMILES string of the molecule is Cc1ccc(-c2[c-]cc3oc4ccccc4c3c2)nc1.[Ir+3].[c-]1ccccc1-c1ccccn1.[c-]1ccccc1-c1ccccn1. The maximum atomic E-state index is 5.81. The van der Waals surface area contributed by atoms with E-state index < -0.39 is 0 Å². The molecule has 8 rings (SSSR count). The number of nitrogens with zero attached hydrogens (tertiary/aromatic N) is 3. The van der Waals surface area contributed by atoms with Gasteiger partial charge in [0, 0.05) is 24.0 Å². The molecule has 0 aliphatic carbocycles. The fraction of sp³-hybridized carbons (Fsp3) is 0.0250. The van der Waals surface area contributed by atoms with Gasteiger partial charge in [0.25, 0.3) is 0 Å². The van der Waals surface area contributed by atoms with E-state index in [-0.39, 0.29) is 20.1 Å². The summed E-state index contributed by atoms with van der Waals surface area (Å²) in [6.45, 7) is 2.03. The van der Waals surface area contributed by atoms with Gasteiger partial charge >= 0.3 is 20.1 Å². The van der Waals surface area contributed by atoms with Gasteiger partial charge in [0.15, 0.2) is 0 Å². The van der Waals surface area contributed by atoms with Crippen LogP contribution in [0.25, 0.3) is 55.7 Å². The fourth-order valence-corrected chi connectivity index (χ4v) is 4.59. The molecule has 0 amide bonds. The first-order valence-corrected chi connectivity index (χ1v) is 14.3. The molecule has 0 bridgehead atoms. The first-order chi connectivity index (χ1) is 21.7. The number of hydrogen-bond acceptors (Lipinski definition) is 4. The van der Waals surface area contributed by atoms with Gasteiger partial charge in [0.05, 0.1) is 5.58 Å². The topological polar surface area (TPSA) is 51.8 Å². The predicted octanol–water partition coefficient (Wildman–Crippen LogP) is 9.85. The number of pyridine rings is 3. The number of para-hydroxylation sites is 1. The molecule has 4 heterocycles. The van der Waals surface area contributed by atoms with Gasteiger partial charge in [0.1, 0.15) is 5.58 Å². The summed E-state index contributed by atoms with van der Waals surface area (Å²) in [6, 6.07) is 53.0. The van der Waals surface area contributed by atoms with Crippen LogP contribution < -0.4 is 0 Å².